The summed E-state index contributed by atoms with van der Waals surface area (Å²) in [5, 5.41) is 0. The number of hydrogen-bond donors (Lipinski definition) is 1. The van der Waals surface area contributed by atoms with E-state index in [-0.39, 0.29) is 11.9 Å². The number of nitrogens with two attached hydrogens (primary N) is 1. The van der Waals surface area contributed by atoms with Gasteiger partial charge in [-0.15, -0.1) is 0 Å². The zero-order chi connectivity index (χ0) is 13.0. The Balaban J connectivity index is 2.25. The zero-order valence-corrected chi connectivity index (χ0v) is 10.9. The molecule has 1 unspecified atom stereocenters. The van der Waals surface area contributed by atoms with Crippen LogP contribution >= 0.6 is 0 Å². The van der Waals surface area contributed by atoms with Crippen molar-refractivity contribution in [1.82, 2.24) is 0 Å². The first-order valence-electron chi connectivity index (χ1n) is 6.58. The Morgan fingerprint density at radius 1 is 1.39 bits per heavy atom. The molecule has 1 atom stereocenters. The smallest absolute Gasteiger partial charge is 0.146 e. The Morgan fingerprint density at radius 2 is 2.11 bits per heavy atom. The van der Waals surface area contributed by atoms with E-state index in [1.807, 2.05) is 6.07 Å². The van der Waals surface area contributed by atoms with Crippen LogP contribution in [0.1, 0.15) is 18.9 Å². The fourth-order valence-electron chi connectivity index (χ4n) is 2.29. The van der Waals surface area contributed by atoms with E-state index in [0.29, 0.717) is 18.9 Å². The minimum absolute atomic E-state index is 0.0894. The maximum absolute atomic E-state index is 14.1. The molecule has 18 heavy (non-hydrogen) atoms. The van der Waals surface area contributed by atoms with E-state index < -0.39 is 0 Å². The molecule has 4 heteroatoms. The molecule has 0 aromatic heterocycles. The maximum Gasteiger partial charge on any atom is 0.146 e. The van der Waals surface area contributed by atoms with Crippen molar-refractivity contribution in [1.29, 1.82) is 0 Å². The van der Waals surface area contributed by atoms with Crippen molar-refractivity contribution >= 4 is 5.69 Å². The summed E-state index contributed by atoms with van der Waals surface area (Å²) in [6.07, 6.45) is 1.63. The number of rotatable bonds is 4. The minimum Gasteiger partial charge on any atom is -0.378 e. The van der Waals surface area contributed by atoms with Crippen LogP contribution in [0.2, 0.25) is 0 Å². The molecule has 0 aliphatic carbocycles. The molecule has 0 spiro atoms. The molecule has 0 saturated carbocycles. The number of para-hydroxylation sites is 1. The molecule has 0 amide bonds. The second-order valence-electron chi connectivity index (χ2n) is 4.72. The van der Waals surface area contributed by atoms with Crippen molar-refractivity contribution in [2.24, 2.45) is 5.73 Å². The third-order valence-electron chi connectivity index (χ3n) is 3.40. The summed E-state index contributed by atoms with van der Waals surface area (Å²) in [6, 6.07) is 5.35. The zero-order valence-electron chi connectivity index (χ0n) is 10.9. The Kier molecular flexibility index (Phi) is 4.55. The molecule has 0 radical (unpaired) electrons. The van der Waals surface area contributed by atoms with Crippen LogP contribution in [0.15, 0.2) is 18.2 Å². The van der Waals surface area contributed by atoms with Gasteiger partial charge in [-0.25, -0.2) is 4.39 Å². The number of anilines is 1. The summed E-state index contributed by atoms with van der Waals surface area (Å²) >= 11 is 0. The van der Waals surface area contributed by atoms with Crippen molar-refractivity contribution in [3.63, 3.8) is 0 Å². The fraction of sp³-hybridized carbons (Fsp3) is 0.571. The molecule has 1 aromatic rings. The third-order valence-corrected chi connectivity index (χ3v) is 3.40. The molecule has 1 aliphatic rings. The van der Waals surface area contributed by atoms with Crippen LogP contribution in [0.3, 0.4) is 0 Å². The highest BCUT2D eigenvalue weighted by Crippen LogP contribution is 2.26. The van der Waals surface area contributed by atoms with Crippen molar-refractivity contribution in [2.45, 2.75) is 25.8 Å². The molecule has 0 bridgehead atoms. The van der Waals surface area contributed by atoms with Gasteiger partial charge >= 0.3 is 0 Å². The lowest BCUT2D eigenvalue weighted by Crippen LogP contribution is -2.37. The number of halogens is 1. The van der Waals surface area contributed by atoms with E-state index >= 15 is 0 Å². The van der Waals surface area contributed by atoms with Gasteiger partial charge in [0.05, 0.1) is 18.9 Å². The van der Waals surface area contributed by atoms with Gasteiger partial charge in [-0.3, -0.25) is 0 Å². The van der Waals surface area contributed by atoms with E-state index in [4.69, 9.17) is 10.5 Å². The monoisotopic (exact) mass is 252 g/mol. The van der Waals surface area contributed by atoms with Gasteiger partial charge in [0.15, 0.2) is 0 Å². The molecular weight excluding hydrogens is 231 g/mol. The number of morpholine rings is 1. The predicted octanol–water partition coefficient (Wildman–Crippen LogP) is 1.94. The first kappa shape index (κ1) is 13.3. The van der Waals surface area contributed by atoms with Crippen molar-refractivity contribution in [3.05, 3.63) is 29.6 Å². The summed E-state index contributed by atoms with van der Waals surface area (Å²) < 4.78 is 19.4. The highest BCUT2D eigenvalue weighted by Gasteiger charge is 2.19. The van der Waals surface area contributed by atoms with Crippen LogP contribution in [0, 0.1) is 5.82 Å². The van der Waals surface area contributed by atoms with E-state index in [1.54, 1.807) is 6.07 Å². The van der Waals surface area contributed by atoms with Crippen LogP contribution in [0.25, 0.3) is 0 Å². The molecule has 1 saturated heterocycles. The van der Waals surface area contributed by atoms with Gasteiger partial charge in [-0.05, 0) is 24.5 Å². The second kappa shape index (κ2) is 6.16. The average molecular weight is 252 g/mol. The number of nitrogens with zero attached hydrogens (tertiary/aromatic N) is 1. The van der Waals surface area contributed by atoms with Gasteiger partial charge in [0.1, 0.15) is 5.82 Å². The maximum atomic E-state index is 14.1. The van der Waals surface area contributed by atoms with E-state index in [0.717, 1.165) is 31.5 Å². The lowest BCUT2D eigenvalue weighted by Gasteiger charge is -2.31. The molecule has 100 valence electrons. The third kappa shape index (κ3) is 3.00. The quantitative estimate of drug-likeness (QED) is 0.890. The van der Waals surface area contributed by atoms with Crippen LogP contribution in [0.4, 0.5) is 10.1 Å². The first-order valence-corrected chi connectivity index (χ1v) is 6.58. The Bertz CT molecular complexity index is 391. The summed E-state index contributed by atoms with van der Waals surface area (Å²) in [5.41, 5.74) is 7.71. The topological polar surface area (TPSA) is 38.5 Å². The molecule has 1 heterocycles. The highest BCUT2D eigenvalue weighted by atomic mass is 19.1. The normalized spacial score (nSPS) is 17.8. The van der Waals surface area contributed by atoms with Gasteiger partial charge in [0, 0.05) is 19.1 Å². The molecule has 2 rings (SSSR count). The summed E-state index contributed by atoms with van der Waals surface area (Å²) in [7, 11) is 0. The van der Waals surface area contributed by atoms with Crippen LogP contribution in [-0.4, -0.2) is 32.3 Å². The van der Waals surface area contributed by atoms with Crippen LogP contribution < -0.4 is 10.6 Å². The van der Waals surface area contributed by atoms with Gasteiger partial charge in [-0.1, -0.05) is 19.1 Å². The van der Waals surface area contributed by atoms with E-state index in [2.05, 4.69) is 11.8 Å². The lowest BCUT2D eigenvalue weighted by molar-refractivity contribution is 0.122. The average Bonchev–Trinajstić information content (AvgIpc) is 2.40. The highest BCUT2D eigenvalue weighted by molar-refractivity contribution is 5.55. The predicted molar refractivity (Wildman–Crippen MR) is 71.4 cm³/mol. The summed E-state index contributed by atoms with van der Waals surface area (Å²) in [5.74, 6) is -0.155. The summed E-state index contributed by atoms with van der Waals surface area (Å²) in [6.45, 7) is 4.87. The van der Waals surface area contributed by atoms with E-state index in [9.17, 15) is 4.39 Å². The Morgan fingerprint density at radius 3 is 2.78 bits per heavy atom. The molecule has 1 aromatic carbocycles. The van der Waals surface area contributed by atoms with Gasteiger partial charge in [0.25, 0.3) is 0 Å². The standard InChI is InChI=1S/C14H21FN2O/c1-2-12(16)10-11-4-3-5-13(15)14(11)17-6-8-18-9-7-17/h3-5,12H,2,6-10,16H2,1H3. The van der Waals surface area contributed by atoms with Crippen molar-refractivity contribution in [2.75, 3.05) is 31.2 Å². The lowest BCUT2D eigenvalue weighted by atomic mass is 10.0. The van der Waals surface area contributed by atoms with Crippen LogP contribution in [0.5, 0.6) is 0 Å². The first-order chi connectivity index (χ1) is 8.72. The largest absolute Gasteiger partial charge is 0.378 e. The Hall–Kier alpha value is -1.13. The SMILES string of the molecule is CCC(N)Cc1cccc(F)c1N1CCOCC1. The molecular formula is C14H21FN2O. The van der Waals surface area contributed by atoms with E-state index in [1.165, 1.54) is 6.07 Å². The molecule has 2 N–H and O–H groups in total. The van der Waals surface area contributed by atoms with Gasteiger partial charge < -0.3 is 15.4 Å². The number of hydrogen-bond acceptors (Lipinski definition) is 3. The van der Waals surface area contributed by atoms with Crippen molar-refractivity contribution < 1.29 is 9.13 Å². The van der Waals surface area contributed by atoms with Gasteiger partial charge in [0.2, 0.25) is 0 Å². The summed E-state index contributed by atoms with van der Waals surface area (Å²) in [4.78, 5) is 2.07. The second-order valence-corrected chi connectivity index (χ2v) is 4.72. The van der Waals surface area contributed by atoms with Crippen LogP contribution in [-0.2, 0) is 11.2 Å². The minimum atomic E-state index is -0.155. The molecule has 1 fully saturated rings. The molecule has 1 aliphatic heterocycles. The van der Waals surface area contributed by atoms with Gasteiger partial charge in [-0.2, -0.15) is 0 Å². The Labute approximate surface area is 108 Å². The number of benzene rings is 1. The van der Waals surface area contributed by atoms with Crippen molar-refractivity contribution in [3.8, 4) is 0 Å². The number of ether oxygens (including phenoxy) is 1. The molecule has 3 nitrogen and oxygen atoms in total. The fourth-order valence-corrected chi connectivity index (χ4v) is 2.29.